The number of amides is 1. The molecular formula is C16H17FN6O3. The number of ether oxygens (including phenoxy) is 2. The molecule has 0 saturated carbocycles. The molecule has 1 aliphatic heterocycles. The Balaban J connectivity index is 1.94. The van der Waals surface area contributed by atoms with Crippen molar-refractivity contribution in [2.45, 2.75) is 12.5 Å². The summed E-state index contributed by atoms with van der Waals surface area (Å²) in [4.78, 5) is 15.3. The fourth-order valence-electron chi connectivity index (χ4n) is 2.75. The molecule has 1 aliphatic rings. The molecule has 3 heterocycles. The summed E-state index contributed by atoms with van der Waals surface area (Å²) in [6.07, 6.45) is 2.03. The zero-order chi connectivity index (χ0) is 18.7. The molecule has 1 fully saturated rings. The molecule has 3 rings (SSSR count). The van der Waals surface area contributed by atoms with Crippen LogP contribution in [0.25, 0.3) is 0 Å². The first-order chi connectivity index (χ1) is 12.5. The second kappa shape index (κ2) is 7.37. The number of nitrogens with zero attached hydrogens (tertiary/aromatic N) is 4. The SMILES string of the molecule is COc1cc(Nc2nn([C@@H]3COCC[C@H]3C#N)cc2C(N)=O)cc(F)n1. The van der Waals surface area contributed by atoms with Crippen molar-refractivity contribution >= 4 is 17.4 Å². The molecule has 0 radical (unpaired) electrons. The van der Waals surface area contributed by atoms with Crippen molar-refractivity contribution in [3.05, 3.63) is 29.8 Å². The summed E-state index contributed by atoms with van der Waals surface area (Å²) in [5, 5.41) is 16.5. The number of primary amides is 1. The number of nitrogens with two attached hydrogens (primary N) is 1. The third-order valence-corrected chi connectivity index (χ3v) is 4.07. The third-order valence-electron chi connectivity index (χ3n) is 4.07. The highest BCUT2D eigenvalue weighted by Gasteiger charge is 2.29. The van der Waals surface area contributed by atoms with Gasteiger partial charge in [0.1, 0.15) is 5.56 Å². The van der Waals surface area contributed by atoms with E-state index in [2.05, 4.69) is 21.5 Å². The predicted molar refractivity (Wildman–Crippen MR) is 88.4 cm³/mol. The number of anilines is 2. The van der Waals surface area contributed by atoms with Gasteiger partial charge in [-0.05, 0) is 6.42 Å². The molecule has 0 aliphatic carbocycles. The molecular weight excluding hydrogens is 343 g/mol. The Kier molecular flexibility index (Phi) is 4.99. The van der Waals surface area contributed by atoms with Gasteiger partial charge >= 0.3 is 0 Å². The van der Waals surface area contributed by atoms with Gasteiger partial charge in [-0.1, -0.05) is 0 Å². The predicted octanol–water partition coefficient (Wildman–Crippen LogP) is 1.37. The van der Waals surface area contributed by atoms with Crippen LogP contribution in [0.4, 0.5) is 15.9 Å². The lowest BCUT2D eigenvalue weighted by Crippen LogP contribution is -2.29. The van der Waals surface area contributed by atoms with Gasteiger partial charge in [-0.25, -0.2) is 0 Å². The molecule has 0 unspecified atom stereocenters. The second-order valence-corrected chi connectivity index (χ2v) is 5.75. The lowest BCUT2D eigenvalue weighted by molar-refractivity contribution is 0.0342. The van der Waals surface area contributed by atoms with Crippen LogP contribution in [0.3, 0.4) is 0 Å². The number of hydrogen-bond acceptors (Lipinski definition) is 7. The van der Waals surface area contributed by atoms with Crippen molar-refractivity contribution in [2.75, 3.05) is 25.6 Å². The second-order valence-electron chi connectivity index (χ2n) is 5.75. The topological polar surface area (TPSA) is 128 Å². The molecule has 0 spiro atoms. The smallest absolute Gasteiger partial charge is 0.254 e. The van der Waals surface area contributed by atoms with Crippen LogP contribution in [-0.4, -0.2) is 41.0 Å². The maximum atomic E-state index is 13.6. The fourth-order valence-corrected chi connectivity index (χ4v) is 2.75. The summed E-state index contributed by atoms with van der Waals surface area (Å²) in [6.45, 7) is 0.801. The van der Waals surface area contributed by atoms with E-state index in [-0.39, 0.29) is 29.2 Å². The standard InChI is InChI=1S/C16H17FN6O3/c1-25-14-5-10(4-13(17)21-14)20-16-11(15(19)24)7-23(22-16)12-8-26-3-2-9(12)6-18/h4-5,7,9,12H,2-3,8H2,1H3,(H2,19,24)(H,20,21,22)/t9-,12+/m0/s1. The van der Waals surface area contributed by atoms with Crippen molar-refractivity contribution in [1.82, 2.24) is 14.8 Å². The highest BCUT2D eigenvalue weighted by atomic mass is 19.1. The van der Waals surface area contributed by atoms with E-state index in [0.29, 0.717) is 25.3 Å². The van der Waals surface area contributed by atoms with Gasteiger partial charge in [0, 0.05) is 30.6 Å². The zero-order valence-corrected chi connectivity index (χ0v) is 14.0. The van der Waals surface area contributed by atoms with E-state index in [4.69, 9.17) is 15.2 Å². The quantitative estimate of drug-likeness (QED) is 0.771. The van der Waals surface area contributed by atoms with Gasteiger partial charge in [-0.3, -0.25) is 9.48 Å². The van der Waals surface area contributed by atoms with E-state index in [9.17, 15) is 14.4 Å². The van der Waals surface area contributed by atoms with Gasteiger partial charge in [-0.2, -0.15) is 19.7 Å². The average molecular weight is 360 g/mol. The molecule has 3 N–H and O–H groups in total. The molecule has 136 valence electrons. The Bertz CT molecular complexity index is 862. The van der Waals surface area contributed by atoms with Gasteiger partial charge in [0.2, 0.25) is 11.8 Å². The molecule has 10 heteroatoms. The van der Waals surface area contributed by atoms with Crippen LogP contribution in [0, 0.1) is 23.2 Å². The third kappa shape index (κ3) is 3.57. The summed E-state index contributed by atoms with van der Waals surface area (Å²) < 4.78 is 25.4. The first-order valence-corrected chi connectivity index (χ1v) is 7.86. The number of halogens is 1. The number of aromatic nitrogens is 3. The van der Waals surface area contributed by atoms with Gasteiger partial charge < -0.3 is 20.5 Å². The monoisotopic (exact) mass is 360 g/mol. The normalized spacial score (nSPS) is 19.6. The van der Waals surface area contributed by atoms with Gasteiger partial charge in [-0.15, -0.1) is 0 Å². The number of nitrogens with one attached hydrogen (secondary N) is 1. The van der Waals surface area contributed by atoms with Crippen LogP contribution < -0.4 is 15.8 Å². The van der Waals surface area contributed by atoms with Gasteiger partial charge in [0.05, 0.1) is 31.7 Å². The van der Waals surface area contributed by atoms with Crippen molar-refractivity contribution in [1.29, 1.82) is 5.26 Å². The van der Waals surface area contributed by atoms with E-state index in [1.165, 1.54) is 24.1 Å². The minimum absolute atomic E-state index is 0.0674. The van der Waals surface area contributed by atoms with E-state index in [1.54, 1.807) is 0 Å². The summed E-state index contributed by atoms with van der Waals surface area (Å²) in [5.41, 5.74) is 5.83. The summed E-state index contributed by atoms with van der Waals surface area (Å²) in [6, 6.07) is 4.48. The molecule has 1 amide bonds. The van der Waals surface area contributed by atoms with Crippen LogP contribution in [0.2, 0.25) is 0 Å². The Morgan fingerprint density at radius 1 is 1.58 bits per heavy atom. The molecule has 2 aromatic rings. The Hall–Kier alpha value is -3.19. The largest absolute Gasteiger partial charge is 0.481 e. The van der Waals surface area contributed by atoms with E-state index < -0.39 is 11.9 Å². The van der Waals surface area contributed by atoms with E-state index >= 15 is 0 Å². The molecule has 0 bridgehead atoms. The Morgan fingerprint density at radius 3 is 3.08 bits per heavy atom. The number of nitriles is 1. The lowest BCUT2D eigenvalue weighted by Gasteiger charge is -2.26. The van der Waals surface area contributed by atoms with Crippen LogP contribution >= 0.6 is 0 Å². The minimum atomic E-state index is -0.753. The van der Waals surface area contributed by atoms with Gasteiger partial charge in [0.25, 0.3) is 5.91 Å². The summed E-state index contributed by atoms with van der Waals surface area (Å²) in [5.74, 6) is -1.54. The lowest BCUT2D eigenvalue weighted by atomic mass is 9.97. The number of rotatable bonds is 5. The van der Waals surface area contributed by atoms with Crippen LogP contribution in [-0.2, 0) is 4.74 Å². The highest BCUT2D eigenvalue weighted by molar-refractivity contribution is 5.98. The number of carbonyl (C=O) groups excluding carboxylic acids is 1. The van der Waals surface area contributed by atoms with E-state index in [1.807, 2.05) is 0 Å². The van der Waals surface area contributed by atoms with Gasteiger partial charge in [0.15, 0.2) is 5.82 Å². The van der Waals surface area contributed by atoms with Crippen LogP contribution in [0.1, 0.15) is 22.8 Å². The fraction of sp³-hybridized carbons (Fsp3) is 0.375. The average Bonchev–Trinajstić information content (AvgIpc) is 3.05. The molecule has 0 aromatic carbocycles. The molecule has 9 nitrogen and oxygen atoms in total. The van der Waals surface area contributed by atoms with Crippen molar-refractivity contribution in [2.24, 2.45) is 11.7 Å². The number of hydrogen-bond donors (Lipinski definition) is 2. The summed E-state index contributed by atoms with van der Waals surface area (Å²) in [7, 11) is 1.36. The zero-order valence-electron chi connectivity index (χ0n) is 14.0. The van der Waals surface area contributed by atoms with Crippen molar-refractivity contribution in [3.8, 4) is 11.9 Å². The number of methoxy groups -OCH3 is 1. The minimum Gasteiger partial charge on any atom is -0.481 e. The Morgan fingerprint density at radius 2 is 2.38 bits per heavy atom. The molecule has 26 heavy (non-hydrogen) atoms. The van der Waals surface area contributed by atoms with Crippen LogP contribution in [0.15, 0.2) is 18.3 Å². The Labute approximate surface area is 148 Å². The maximum absolute atomic E-state index is 13.6. The highest BCUT2D eigenvalue weighted by Crippen LogP contribution is 2.29. The van der Waals surface area contributed by atoms with Crippen LogP contribution in [0.5, 0.6) is 5.88 Å². The molecule has 2 atom stereocenters. The molecule has 1 saturated heterocycles. The number of carbonyl (C=O) groups is 1. The molecule has 2 aromatic heterocycles. The first kappa shape index (κ1) is 17.6. The number of pyridine rings is 1. The van der Waals surface area contributed by atoms with Crippen molar-refractivity contribution in [3.63, 3.8) is 0 Å². The van der Waals surface area contributed by atoms with Crippen molar-refractivity contribution < 1.29 is 18.7 Å². The maximum Gasteiger partial charge on any atom is 0.254 e. The summed E-state index contributed by atoms with van der Waals surface area (Å²) >= 11 is 0. The van der Waals surface area contributed by atoms with E-state index in [0.717, 1.165) is 6.07 Å². The first-order valence-electron chi connectivity index (χ1n) is 7.86.